The molecule has 16 heavy (non-hydrogen) atoms. The number of hydrogen-bond acceptors (Lipinski definition) is 3. The van der Waals surface area contributed by atoms with Crippen molar-refractivity contribution in [2.24, 2.45) is 0 Å². The molecule has 0 atom stereocenters. The summed E-state index contributed by atoms with van der Waals surface area (Å²) < 4.78 is 4.89. The molecule has 2 aromatic rings. The molecule has 0 amide bonds. The SMILES string of the molecule is CCOC(=O)Cc1cnc2ccccc2c1. The third-order valence-corrected chi connectivity index (χ3v) is 2.30. The fraction of sp³-hybridized carbons (Fsp3) is 0.231. The molecule has 0 spiro atoms. The van der Waals surface area contributed by atoms with Crippen LogP contribution in [0.1, 0.15) is 12.5 Å². The molecule has 2 rings (SSSR count). The lowest BCUT2D eigenvalue weighted by molar-refractivity contribution is -0.142. The maximum Gasteiger partial charge on any atom is 0.310 e. The Morgan fingerprint density at radius 1 is 1.38 bits per heavy atom. The molecule has 0 saturated heterocycles. The Morgan fingerprint density at radius 3 is 3.00 bits per heavy atom. The van der Waals surface area contributed by atoms with Crippen LogP contribution in [-0.4, -0.2) is 17.6 Å². The lowest BCUT2D eigenvalue weighted by Crippen LogP contribution is -2.07. The number of aromatic nitrogens is 1. The molecule has 3 heteroatoms. The molecule has 0 N–H and O–H groups in total. The number of ether oxygens (including phenoxy) is 1. The number of carbonyl (C=O) groups excluding carboxylic acids is 1. The van der Waals surface area contributed by atoms with Crippen LogP contribution < -0.4 is 0 Å². The van der Waals surface area contributed by atoms with Gasteiger partial charge in [-0.2, -0.15) is 0 Å². The van der Waals surface area contributed by atoms with Crippen molar-refractivity contribution in [1.82, 2.24) is 4.98 Å². The maximum atomic E-state index is 11.3. The summed E-state index contributed by atoms with van der Waals surface area (Å²) in [4.78, 5) is 15.6. The van der Waals surface area contributed by atoms with E-state index in [-0.39, 0.29) is 12.4 Å². The predicted octanol–water partition coefficient (Wildman–Crippen LogP) is 2.34. The van der Waals surface area contributed by atoms with Gasteiger partial charge in [-0.25, -0.2) is 0 Å². The molecule has 1 heterocycles. The number of benzene rings is 1. The largest absolute Gasteiger partial charge is 0.466 e. The summed E-state index contributed by atoms with van der Waals surface area (Å²) in [5.74, 6) is -0.209. The van der Waals surface area contributed by atoms with E-state index in [1.54, 1.807) is 13.1 Å². The van der Waals surface area contributed by atoms with E-state index in [2.05, 4.69) is 4.98 Å². The van der Waals surface area contributed by atoms with Gasteiger partial charge in [0, 0.05) is 11.6 Å². The van der Waals surface area contributed by atoms with Gasteiger partial charge in [0.1, 0.15) is 0 Å². The fourth-order valence-corrected chi connectivity index (χ4v) is 1.59. The quantitative estimate of drug-likeness (QED) is 0.738. The maximum absolute atomic E-state index is 11.3. The molecular weight excluding hydrogens is 202 g/mol. The van der Waals surface area contributed by atoms with Crippen molar-refractivity contribution < 1.29 is 9.53 Å². The minimum absolute atomic E-state index is 0.209. The van der Waals surface area contributed by atoms with E-state index in [9.17, 15) is 4.79 Å². The summed E-state index contributed by atoms with van der Waals surface area (Å²) in [7, 11) is 0. The zero-order valence-electron chi connectivity index (χ0n) is 9.14. The Bertz CT molecular complexity index is 508. The van der Waals surface area contributed by atoms with E-state index in [1.165, 1.54) is 0 Å². The average Bonchev–Trinajstić information content (AvgIpc) is 2.29. The minimum atomic E-state index is -0.209. The second-order valence-corrected chi connectivity index (χ2v) is 3.52. The Hall–Kier alpha value is -1.90. The normalized spacial score (nSPS) is 10.3. The van der Waals surface area contributed by atoms with Gasteiger partial charge in [-0.05, 0) is 24.6 Å². The molecule has 0 aliphatic carbocycles. The fourth-order valence-electron chi connectivity index (χ4n) is 1.59. The lowest BCUT2D eigenvalue weighted by atomic mass is 10.1. The number of esters is 1. The van der Waals surface area contributed by atoms with E-state index >= 15 is 0 Å². The first kappa shape index (κ1) is 10.6. The summed E-state index contributed by atoms with van der Waals surface area (Å²) in [6.45, 7) is 2.22. The van der Waals surface area contributed by atoms with Crippen molar-refractivity contribution in [2.45, 2.75) is 13.3 Å². The Balaban J connectivity index is 2.22. The van der Waals surface area contributed by atoms with Gasteiger partial charge >= 0.3 is 5.97 Å². The van der Waals surface area contributed by atoms with Crippen molar-refractivity contribution in [3.05, 3.63) is 42.1 Å². The summed E-state index contributed by atoms with van der Waals surface area (Å²) in [5, 5.41) is 1.05. The van der Waals surface area contributed by atoms with E-state index in [4.69, 9.17) is 4.74 Å². The van der Waals surface area contributed by atoms with E-state index in [0.29, 0.717) is 6.61 Å². The van der Waals surface area contributed by atoms with Gasteiger partial charge in [0.25, 0.3) is 0 Å². The summed E-state index contributed by atoms with van der Waals surface area (Å²) in [6, 6.07) is 9.80. The van der Waals surface area contributed by atoms with Gasteiger partial charge < -0.3 is 4.74 Å². The first-order valence-electron chi connectivity index (χ1n) is 5.29. The van der Waals surface area contributed by atoms with Crippen molar-refractivity contribution in [1.29, 1.82) is 0 Å². The Kier molecular flexibility index (Phi) is 3.15. The van der Waals surface area contributed by atoms with Crippen LogP contribution in [0.3, 0.4) is 0 Å². The highest BCUT2D eigenvalue weighted by Gasteiger charge is 2.04. The van der Waals surface area contributed by atoms with Crippen LogP contribution in [0.15, 0.2) is 36.5 Å². The molecule has 0 saturated carbocycles. The monoisotopic (exact) mass is 215 g/mol. The van der Waals surface area contributed by atoms with Gasteiger partial charge in [0.15, 0.2) is 0 Å². The molecule has 1 aromatic heterocycles. The second-order valence-electron chi connectivity index (χ2n) is 3.52. The number of pyridine rings is 1. The number of hydrogen-bond donors (Lipinski definition) is 0. The highest BCUT2D eigenvalue weighted by atomic mass is 16.5. The number of para-hydroxylation sites is 1. The molecule has 1 aromatic carbocycles. The van der Waals surface area contributed by atoms with Gasteiger partial charge in [-0.1, -0.05) is 18.2 Å². The van der Waals surface area contributed by atoms with Crippen molar-refractivity contribution >= 4 is 16.9 Å². The van der Waals surface area contributed by atoms with Crippen LogP contribution in [0.5, 0.6) is 0 Å². The van der Waals surface area contributed by atoms with Gasteiger partial charge in [-0.3, -0.25) is 9.78 Å². The standard InChI is InChI=1S/C13H13NO2/c1-2-16-13(15)8-10-7-11-5-3-4-6-12(11)14-9-10/h3-7,9H,2,8H2,1H3. The number of rotatable bonds is 3. The highest BCUT2D eigenvalue weighted by molar-refractivity contribution is 5.80. The van der Waals surface area contributed by atoms with Crippen molar-refractivity contribution in [3.8, 4) is 0 Å². The lowest BCUT2D eigenvalue weighted by Gasteiger charge is -2.03. The molecule has 82 valence electrons. The van der Waals surface area contributed by atoms with E-state index < -0.39 is 0 Å². The third-order valence-electron chi connectivity index (χ3n) is 2.30. The van der Waals surface area contributed by atoms with Crippen LogP contribution in [0.2, 0.25) is 0 Å². The van der Waals surface area contributed by atoms with Crippen molar-refractivity contribution in [3.63, 3.8) is 0 Å². The molecule has 0 radical (unpaired) electrons. The Morgan fingerprint density at radius 2 is 2.19 bits per heavy atom. The zero-order chi connectivity index (χ0) is 11.4. The minimum Gasteiger partial charge on any atom is -0.466 e. The first-order chi connectivity index (χ1) is 7.79. The summed E-state index contributed by atoms with van der Waals surface area (Å²) in [6.07, 6.45) is 2.00. The van der Waals surface area contributed by atoms with E-state index in [1.807, 2.05) is 30.3 Å². The van der Waals surface area contributed by atoms with Gasteiger partial charge in [0.05, 0.1) is 18.5 Å². The predicted molar refractivity (Wildman–Crippen MR) is 62.1 cm³/mol. The summed E-state index contributed by atoms with van der Waals surface area (Å²) >= 11 is 0. The molecule has 3 nitrogen and oxygen atoms in total. The second kappa shape index (κ2) is 4.75. The zero-order valence-corrected chi connectivity index (χ0v) is 9.14. The molecule has 0 bridgehead atoms. The number of fused-ring (bicyclic) bond motifs is 1. The first-order valence-corrected chi connectivity index (χ1v) is 5.29. The van der Waals surface area contributed by atoms with Crippen molar-refractivity contribution in [2.75, 3.05) is 6.61 Å². The van der Waals surface area contributed by atoms with Crippen LogP contribution >= 0.6 is 0 Å². The van der Waals surface area contributed by atoms with Crippen LogP contribution in [0.4, 0.5) is 0 Å². The van der Waals surface area contributed by atoms with Crippen LogP contribution in [0.25, 0.3) is 10.9 Å². The molecule has 0 aliphatic rings. The third kappa shape index (κ3) is 2.37. The highest BCUT2D eigenvalue weighted by Crippen LogP contribution is 2.13. The molecule has 0 aliphatic heterocycles. The van der Waals surface area contributed by atoms with Gasteiger partial charge in [-0.15, -0.1) is 0 Å². The topological polar surface area (TPSA) is 39.2 Å². The number of carbonyl (C=O) groups is 1. The molecule has 0 fully saturated rings. The van der Waals surface area contributed by atoms with Gasteiger partial charge in [0.2, 0.25) is 0 Å². The summed E-state index contributed by atoms with van der Waals surface area (Å²) in [5.41, 5.74) is 1.83. The average molecular weight is 215 g/mol. The van der Waals surface area contributed by atoms with Crippen LogP contribution in [0, 0.1) is 0 Å². The molecule has 0 unspecified atom stereocenters. The number of nitrogens with zero attached hydrogens (tertiary/aromatic N) is 1. The Labute approximate surface area is 94.1 Å². The molecular formula is C13H13NO2. The van der Waals surface area contributed by atoms with Crippen LogP contribution in [-0.2, 0) is 16.0 Å². The van der Waals surface area contributed by atoms with E-state index in [0.717, 1.165) is 16.5 Å². The smallest absolute Gasteiger partial charge is 0.310 e.